The second kappa shape index (κ2) is 5.58. The molecular formula is C16H15Cl2N3. The van der Waals surface area contributed by atoms with Crippen LogP contribution in [0.5, 0.6) is 0 Å². The van der Waals surface area contributed by atoms with E-state index in [4.69, 9.17) is 28.9 Å². The first-order valence-corrected chi connectivity index (χ1v) is 7.43. The Kier molecular flexibility index (Phi) is 3.79. The number of hydrogen-bond donors (Lipinski definition) is 1. The van der Waals surface area contributed by atoms with Crippen molar-refractivity contribution in [2.24, 2.45) is 10.7 Å². The summed E-state index contributed by atoms with van der Waals surface area (Å²) < 4.78 is 0. The van der Waals surface area contributed by atoms with Crippen molar-refractivity contribution in [1.29, 1.82) is 0 Å². The van der Waals surface area contributed by atoms with Crippen LogP contribution >= 0.6 is 23.2 Å². The third kappa shape index (κ3) is 2.59. The van der Waals surface area contributed by atoms with Crippen molar-refractivity contribution in [2.45, 2.75) is 13.0 Å². The van der Waals surface area contributed by atoms with Crippen LogP contribution in [0.1, 0.15) is 17.2 Å². The highest BCUT2D eigenvalue weighted by Crippen LogP contribution is 2.36. The fourth-order valence-electron chi connectivity index (χ4n) is 2.63. The molecule has 0 saturated heterocycles. The molecule has 1 aliphatic rings. The maximum Gasteiger partial charge on any atom is 0.196 e. The zero-order valence-electron chi connectivity index (χ0n) is 11.6. The van der Waals surface area contributed by atoms with Crippen molar-refractivity contribution in [1.82, 2.24) is 0 Å². The Balaban J connectivity index is 2.07. The van der Waals surface area contributed by atoms with E-state index in [1.165, 1.54) is 0 Å². The molecule has 0 saturated carbocycles. The van der Waals surface area contributed by atoms with Gasteiger partial charge in [-0.3, -0.25) is 4.99 Å². The van der Waals surface area contributed by atoms with Crippen molar-refractivity contribution >= 4 is 34.8 Å². The Morgan fingerprint density at radius 2 is 1.95 bits per heavy atom. The van der Waals surface area contributed by atoms with E-state index in [0.29, 0.717) is 22.5 Å². The summed E-state index contributed by atoms with van der Waals surface area (Å²) in [6.07, 6.45) is 0. The van der Waals surface area contributed by atoms with E-state index in [-0.39, 0.29) is 6.04 Å². The summed E-state index contributed by atoms with van der Waals surface area (Å²) in [6, 6.07) is 13.5. The molecule has 2 aromatic carbocycles. The zero-order valence-corrected chi connectivity index (χ0v) is 13.1. The van der Waals surface area contributed by atoms with E-state index in [2.05, 4.69) is 18.0 Å². The van der Waals surface area contributed by atoms with Crippen LogP contribution in [0.2, 0.25) is 10.0 Å². The Labute approximate surface area is 134 Å². The van der Waals surface area contributed by atoms with Crippen molar-refractivity contribution in [3.05, 3.63) is 63.6 Å². The van der Waals surface area contributed by atoms with Crippen LogP contribution < -0.4 is 10.6 Å². The van der Waals surface area contributed by atoms with E-state index in [9.17, 15) is 0 Å². The highest BCUT2D eigenvalue weighted by Gasteiger charge is 2.31. The number of hydrogen-bond acceptors (Lipinski definition) is 3. The molecule has 1 heterocycles. The topological polar surface area (TPSA) is 41.6 Å². The molecule has 0 amide bonds. The number of para-hydroxylation sites is 1. The average molecular weight is 320 g/mol. The van der Waals surface area contributed by atoms with Gasteiger partial charge < -0.3 is 10.6 Å². The van der Waals surface area contributed by atoms with Gasteiger partial charge in [0.05, 0.1) is 12.6 Å². The van der Waals surface area contributed by atoms with Crippen molar-refractivity contribution in [2.75, 3.05) is 11.4 Å². The molecule has 108 valence electrons. The molecule has 3 nitrogen and oxygen atoms in total. The SMILES string of the molecule is Cc1ccccc1N1C(N)=NCC1c1cc(Cl)ccc1Cl. The van der Waals surface area contributed by atoms with Gasteiger partial charge in [0.25, 0.3) is 0 Å². The molecule has 1 atom stereocenters. The van der Waals surface area contributed by atoms with Crippen LogP contribution in [0.4, 0.5) is 5.69 Å². The highest BCUT2D eigenvalue weighted by molar-refractivity contribution is 6.33. The van der Waals surface area contributed by atoms with Gasteiger partial charge in [-0.2, -0.15) is 0 Å². The average Bonchev–Trinajstić information content (AvgIpc) is 2.84. The molecular weight excluding hydrogens is 305 g/mol. The number of benzene rings is 2. The van der Waals surface area contributed by atoms with Crippen LogP contribution in [0.25, 0.3) is 0 Å². The van der Waals surface area contributed by atoms with Gasteiger partial charge in [0.1, 0.15) is 0 Å². The van der Waals surface area contributed by atoms with Gasteiger partial charge in [0, 0.05) is 15.7 Å². The van der Waals surface area contributed by atoms with Crippen molar-refractivity contribution in [3.63, 3.8) is 0 Å². The summed E-state index contributed by atoms with van der Waals surface area (Å²) in [4.78, 5) is 6.40. The molecule has 1 unspecified atom stereocenters. The smallest absolute Gasteiger partial charge is 0.196 e. The van der Waals surface area contributed by atoms with Gasteiger partial charge in [-0.05, 0) is 42.3 Å². The number of guanidine groups is 1. The number of halogens is 2. The summed E-state index contributed by atoms with van der Waals surface area (Å²) >= 11 is 12.5. The molecule has 3 rings (SSSR count). The van der Waals surface area contributed by atoms with Gasteiger partial charge in [-0.25, -0.2) is 0 Å². The lowest BCUT2D eigenvalue weighted by Crippen LogP contribution is -2.36. The second-order valence-electron chi connectivity index (χ2n) is 5.04. The molecule has 21 heavy (non-hydrogen) atoms. The number of aryl methyl sites for hydroxylation is 1. The van der Waals surface area contributed by atoms with Gasteiger partial charge in [-0.1, -0.05) is 41.4 Å². The van der Waals surface area contributed by atoms with Crippen molar-refractivity contribution in [3.8, 4) is 0 Å². The number of aliphatic imine (C=N–C) groups is 1. The Morgan fingerprint density at radius 1 is 1.19 bits per heavy atom. The Hall–Kier alpha value is -1.71. The zero-order chi connectivity index (χ0) is 15.0. The normalized spacial score (nSPS) is 18.0. The maximum atomic E-state index is 6.34. The summed E-state index contributed by atoms with van der Waals surface area (Å²) in [5.41, 5.74) is 9.22. The number of rotatable bonds is 2. The van der Waals surface area contributed by atoms with E-state index in [1.807, 2.05) is 35.2 Å². The summed E-state index contributed by atoms with van der Waals surface area (Å²) in [5.74, 6) is 0.505. The molecule has 0 spiro atoms. The first kappa shape index (κ1) is 14.2. The van der Waals surface area contributed by atoms with Crippen LogP contribution in [0, 0.1) is 6.92 Å². The molecule has 0 aliphatic carbocycles. The van der Waals surface area contributed by atoms with E-state index in [1.54, 1.807) is 6.07 Å². The molecule has 5 heteroatoms. The van der Waals surface area contributed by atoms with Gasteiger partial charge in [0.2, 0.25) is 0 Å². The Bertz CT molecular complexity index is 712. The summed E-state index contributed by atoms with van der Waals surface area (Å²) in [6.45, 7) is 2.62. The largest absolute Gasteiger partial charge is 0.369 e. The predicted molar refractivity (Wildman–Crippen MR) is 89.4 cm³/mol. The van der Waals surface area contributed by atoms with E-state index in [0.717, 1.165) is 16.8 Å². The summed E-state index contributed by atoms with van der Waals surface area (Å²) in [5, 5.41) is 1.33. The first-order valence-electron chi connectivity index (χ1n) is 6.67. The van der Waals surface area contributed by atoms with Crippen LogP contribution in [-0.2, 0) is 0 Å². The number of anilines is 1. The van der Waals surface area contributed by atoms with Gasteiger partial charge in [-0.15, -0.1) is 0 Å². The second-order valence-corrected chi connectivity index (χ2v) is 5.88. The minimum absolute atomic E-state index is 0.0303. The fourth-order valence-corrected chi connectivity index (χ4v) is 3.05. The number of nitrogens with zero attached hydrogens (tertiary/aromatic N) is 2. The Morgan fingerprint density at radius 3 is 2.71 bits per heavy atom. The quantitative estimate of drug-likeness (QED) is 0.902. The lowest BCUT2D eigenvalue weighted by atomic mass is 10.0. The maximum absolute atomic E-state index is 6.34. The minimum Gasteiger partial charge on any atom is -0.369 e. The molecule has 0 radical (unpaired) electrons. The van der Waals surface area contributed by atoms with E-state index < -0.39 is 0 Å². The fraction of sp³-hybridized carbons (Fsp3) is 0.188. The van der Waals surface area contributed by atoms with Crippen LogP contribution in [0.3, 0.4) is 0 Å². The van der Waals surface area contributed by atoms with Crippen LogP contribution in [-0.4, -0.2) is 12.5 Å². The lowest BCUT2D eigenvalue weighted by Gasteiger charge is -2.28. The van der Waals surface area contributed by atoms with Gasteiger partial charge in [0.15, 0.2) is 5.96 Å². The third-order valence-electron chi connectivity index (χ3n) is 3.68. The number of nitrogens with two attached hydrogens (primary N) is 1. The summed E-state index contributed by atoms with van der Waals surface area (Å²) in [7, 11) is 0. The minimum atomic E-state index is -0.0303. The van der Waals surface area contributed by atoms with Crippen LogP contribution in [0.15, 0.2) is 47.5 Å². The molecule has 0 fully saturated rings. The molecule has 2 N–H and O–H groups in total. The molecule has 0 aromatic heterocycles. The lowest BCUT2D eigenvalue weighted by molar-refractivity contribution is 0.767. The van der Waals surface area contributed by atoms with Gasteiger partial charge >= 0.3 is 0 Å². The monoisotopic (exact) mass is 319 g/mol. The standard InChI is InChI=1S/C16H15Cl2N3/c1-10-4-2-3-5-14(10)21-15(9-20-16(21)19)12-8-11(17)6-7-13(12)18/h2-8,15H,9H2,1H3,(H2,19,20). The third-order valence-corrected chi connectivity index (χ3v) is 4.26. The van der Waals surface area contributed by atoms with E-state index >= 15 is 0 Å². The molecule has 2 aromatic rings. The molecule has 1 aliphatic heterocycles. The highest BCUT2D eigenvalue weighted by atomic mass is 35.5. The molecule has 0 bridgehead atoms. The first-order chi connectivity index (χ1) is 10.1. The predicted octanol–water partition coefficient (Wildman–Crippen LogP) is 4.18. The van der Waals surface area contributed by atoms with Crippen molar-refractivity contribution < 1.29 is 0 Å².